The Labute approximate surface area is 210 Å². The largest absolute Gasteiger partial charge is 0.486 e. The molecule has 1 aromatic heterocycles. The van der Waals surface area contributed by atoms with E-state index in [2.05, 4.69) is 15.5 Å². The number of hydrogen-bond acceptors (Lipinski definition) is 5. The van der Waals surface area contributed by atoms with Gasteiger partial charge in [-0.05, 0) is 56.3 Å². The van der Waals surface area contributed by atoms with Crippen molar-refractivity contribution in [2.45, 2.75) is 31.8 Å². The number of rotatable bonds is 8. The van der Waals surface area contributed by atoms with Crippen molar-refractivity contribution in [1.29, 1.82) is 0 Å². The molecule has 1 N–H and O–H groups in total. The molecule has 0 aliphatic rings. The molecule has 0 aliphatic carbocycles. The Morgan fingerprint density at radius 2 is 1.64 bits per heavy atom. The molecular weight excluding hydrogens is 489 g/mol. The number of thioether (sulfide) groups is 1. The zero-order valence-corrected chi connectivity index (χ0v) is 20.4. The quantitative estimate of drug-likeness (QED) is 0.284. The maximum atomic E-state index is 13.0. The third kappa shape index (κ3) is 6.45. The van der Waals surface area contributed by atoms with Crippen molar-refractivity contribution in [2.24, 2.45) is 0 Å². The summed E-state index contributed by atoms with van der Waals surface area (Å²) >= 11 is 1.13. The Morgan fingerprint density at radius 1 is 0.972 bits per heavy atom. The second-order valence-corrected chi connectivity index (χ2v) is 9.03. The van der Waals surface area contributed by atoms with Crippen molar-refractivity contribution in [1.82, 2.24) is 14.8 Å². The minimum atomic E-state index is -4.49. The van der Waals surface area contributed by atoms with E-state index >= 15 is 0 Å². The molecule has 0 spiro atoms. The van der Waals surface area contributed by atoms with Crippen molar-refractivity contribution in [2.75, 3.05) is 11.1 Å². The van der Waals surface area contributed by atoms with Crippen LogP contribution < -0.4 is 10.1 Å². The molecule has 0 aliphatic heterocycles. The molecule has 0 unspecified atom stereocenters. The topological polar surface area (TPSA) is 69.0 Å². The summed E-state index contributed by atoms with van der Waals surface area (Å²) in [6, 6.07) is 19.9. The van der Waals surface area contributed by atoms with Gasteiger partial charge in [-0.3, -0.25) is 9.36 Å². The average molecular weight is 513 g/mol. The number of hydrogen-bond donors (Lipinski definition) is 1. The van der Waals surface area contributed by atoms with Crippen LogP contribution in [-0.2, 0) is 17.6 Å². The lowest BCUT2D eigenvalue weighted by atomic mass is 10.2. The van der Waals surface area contributed by atoms with Crippen molar-refractivity contribution in [3.05, 3.63) is 95.3 Å². The van der Waals surface area contributed by atoms with Gasteiger partial charge in [-0.1, -0.05) is 53.2 Å². The van der Waals surface area contributed by atoms with Crippen molar-refractivity contribution >= 4 is 23.4 Å². The van der Waals surface area contributed by atoms with Gasteiger partial charge >= 0.3 is 6.18 Å². The second-order valence-electron chi connectivity index (χ2n) is 8.09. The lowest BCUT2D eigenvalue weighted by Gasteiger charge is -2.12. The number of aryl methyl sites for hydroxylation is 2. The van der Waals surface area contributed by atoms with Crippen LogP contribution in [0, 0.1) is 13.8 Å². The maximum absolute atomic E-state index is 13.0. The van der Waals surface area contributed by atoms with Gasteiger partial charge in [0.1, 0.15) is 12.4 Å². The predicted octanol–water partition coefficient (Wildman–Crippen LogP) is 6.21. The minimum Gasteiger partial charge on any atom is -0.486 e. The predicted molar refractivity (Wildman–Crippen MR) is 132 cm³/mol. The molecule has 0 fully saturated rings. The number of carbonyl (C=O) groups excluding carboxylic acids is 1. The first-order valence-electron chi connectivity index (χ1n) is 11.0. The summed E-state index contributed by atoms with van der Waals surface area (Å²) in [5.74, 6) is 0.697. The molecule has 6 nitrogen and oxygen atoms in total. The van der Waals surface area contributed by atoms with Crippen LogP contribution in [0.25, 0.3) is 5.69 Å². The molecule has 0 saturated carbocycles. The summed E-state index contributed by atoms with van der Waals surface area (Å²) in [4.78, 5) is 12.5. The van der Waals surface area contributed by atoms with E-state index in [4.69, 9.17) is 4.74 Å². The van der Waals surface area contributed by atoms with Crippen LogP contribution in [0.2, 0.25) is 0 Å². The molecule has 3 aromatic carbocycles. The highest BCUT2D eigenvalue weighted by Crippen LogP contribution is 2.31. The summed E-state index contributed by atoms with van der Waals surface area (Å²) in [7, 11) is 0. The van der Waals surface area contributed by atoms with Gasteiger partial charge < -0.3 is 10.1 Å². The Kier molecular flexibility index (Phi) is 7.64. The molecule has 36 heavy (non-hydrogen) atoms. The van der Waals surface area contributed by atoms with Crippen LogP contribution in [0.15, 0.2) is 78.0 Å². The summed E-state index contributed by atoms with van der Waals surface area (Å²) in [6.45, 7) is 4.12. The molecule has 4 rings (SSSR count). The van der Waals surface area contributed by atoms with Crippen LogP contribution in [0.5, 0.6) is 5.75 Å². The highest BCUT2D eigenvalue weighted by molar-refractivity contribution is 7.99. The van der Waals surface area contributed by atoms with Gasteiger partial charge in [-0.15, -0.1) is 10.2 Å². The van der Waals surface area contributed by atoms with E-state index in [0.29, 0.717) is 16.7 Å². The SMILES string of the molecule is Cc1ccc(OCc2nnc(SCC(=O)Nc3cccc(C(F)(F)F)c3)n2-c2ccc(C)cc2)cc1. The average Bonchev–Trinajstić information content (AvgIpc) is 3.25. The molecule has 1 amide bonds. The van der Waals surface area contributed by atoms with Gasteiger partial charge in [0.25, 0.3) is 0 Å². The molecule has 4 aromatic rings. The molecule has 186 valence electrons. The van der Waals surface area contributed by atoms with Crippen LogP contribution in [-0.4, -0.2) is 26.4 Å². The number of halogens is 3. The Bertz CT molecular complexity index is 1340. The van der Waals surface area contributed by atoms with Gasteiger partial charge in [-0.2, -0.15) is 13.2 Å². The molecular formula is C26H23F3N4O2S. The standard InChI is InChI=1S/C26H23F3N4O2S/c1-17-6-10-21(11-7-17)33-23(15-35-22-12-8-18(2)9-13-22)31-32-25(33)36-16-24(34)30-20-5-3-4-19(14-20)26(27,28)29/h3-14H,15-16H2,1-2H3,(H,30,34). The Morgan fingerprint density at radius 3 is 2.31 bits per heavy atom. The zero-order valence-electron chi connectivity index (χ0n) is 19.5. The Balaban J connectivity index is 1.49. The number of amides is 1. The molecule has 0 atom stereocenters. The van der Waals surface area contributed by atoms with Gasteiger partial charge in [0.2, 0.25) is 5.91 Å². The van der Waals surface area contributed by atoms with E-state index in [9.17, 15) is 18.0 Å². The van der Waals surface area contributed by atoms with E-state index in [1.54, 1.807) is 4.57 Å². The summed E-state index contributed by atoms with van der Waals surface area (Å²) in [5.41, 5.74) is 2.24. The highest BCUT2D eigenvalue weighted by atomic mass is 32.2. The zero-order chi connectivity index (χ0) is 25.7. The third-order valence-electron chi connectivity index (χ3n) is 5.19. The van der Waals surface area contributed by atoms with Gasteiger partial charge in [0.15, 0.2) is 11.0 Å². The number of carbonyl (C=O) groups is 1. The molecule has 0 radical (unpaired) electrons. The van der Waals surface area contributed by atoms with Crippen LogP contribution in [0.1, 0.15) is 22.5 Å². The number of ether oxygens (including phenoxy) is 1. The second kappa shape index (κ2) is 10.9. The van der Waals surface area contributed by atoms with Crippen molar-refractivity contribution in [3.8, 4) is 11.4 Å². The number of nitrogens with zero attached hydrogens (tertiary/aromatic N) is 3. The fourth-order valence-electron chi connectivity index (χ4n) is 3.32. The van der Waals surface area contributed by atoms with Crippen molar-refractivity contribution in [3.63, 3.8) is 0 Å². The smallest absolute Gasteiger partial charge is 0.416 e. The van der Waals surface area contributed by atoms with E-state index in [0.717, 1.165) is 40.7 Å². The molecule has 0 saturated heterocycles. The fourth-order valence-corrected chi connectivity index (χ4v) is 4.09. The molecule has 1 heterocycles. The third-order valence-corrected chi connectivity index (χ3v) is 6.12. The van der Waals surface area contributed by atoms with Gasteiger partial charge in [-0.25, -0.2) is 0 Å². The highest BCUT2D eigenvalue weighted by Gasteiger charge is 2.30. The summed E-state index contributed by atoms with van der Waals surface area (Å²) < 4.78 is 46.5. The number of benzene rings is 3. The monoisotopic (exact) mass is 512 g/mol. The fraction of sp³-hybridized carbons (Fsp3) is 0.192. The Hall–Kier alpha value is -3.79. The first-order chi connectivity index (χ1) is 17.2. The lowest BCUT2D eigenvalue weighted by molar-refractivity contribution is -0.137. The number of nitrogens with one attached hydrogen (secondary N) is 1. The van der Waals surface area contributed by atoms with E-state index in [-0.39, 0.29) is 18.0 Å². The molecule has 0 bridgehead atoms. The number of aromatic nitrogens is 3. The van der Waals surface area contributed by atoms with E-state index in [1.807, 2.05) is 62.4 Å². The maximum Gasteiger partial charge on any atom is 0.416 e. The summed E-state index contributed by atoms with van der Waals surface area (Å²) in [5, 5.41) is 11.5. The molecule has 10 heteroatoms. The van der Waals surface area contributed by atoms with Gasteiger partial charge in [0, 0.05) is 11.4 Å². The van der Waals surface area contributed by atoms with Crippen molar-refractivity contribution < 1.29 is 22.7 Å². The first kappa shape index (κ1) is 25.3. The lowest BCUT2D eigenvalue weighted by Crippen LogP contribution is -2.15. The minimum absolute atomic E-state index is 0.0704. The first-order valence-corrected chi connectivity index (χ1v) is 12.0. The normalized spacial score (nSPS) is 11.4. The number of alkyl halides is 3. The van der Waals surface area contributed by atoms with Crippen LogP contribution in [0.3, 0.4) is 0 Å². The number of anilines is 1. The van der Waals surface area contributed by atoms with Crippen LogP contribution >= 0.6 is 11.8 Å². The van der Waals surface area contributed by atoms with Crippen LogP contribution in [0.4, 0.5) is 18.9 Å². The summed E-state index contributed by atoms with van der Waals surface area (Å²) in [6.07, 6.45) is -4.49. The van der Waals surface area contributed by atoms with E-state index < -0.39 is 17.6 Å². The van der Waals surface area contributed by atoms with Gasteiger partial charge in [0.05, 0.1) is 11.3 Å². The van der Waals surface area contributed by atoms with E-state index in [1.165, 1.54) is 12.1 Å².